The topological polar surface area (TPSA) is 100.0 Å². The molecule has 0 radical (unpaired) electrons. The molecule has 11 heteroatoms. The monoisotopic (exact) mass is 557 g/mol. The van der Waals surface area contributed by atoms with Gasteiger partial charge >= 0.3 is 5.97 Å². The number of ether oxygens (including phenoxy) is 3. The molecule has 0 bridgehead atoms. The Morgan fingerprint density at radius 1 is 1.21 bits per heavy atom. The van der Waals surface area contributed by atoms with Gasteiger partial charge in [0.05, 0.1) is 44.4 Å². The Labute approximate surface area is 227 Å². The number of anilines is 1. The molecule has 1 aromatic heterocycles. The average molecular weight is 558 g/mol. The van der Waals surface area contributed by atoms with Crippen LogP contribution in [0.3, 0.4) is 0 Å². The fourth-order valence-electron chi connectivity index (χ4n) is 6.13. The van der Waals surface area contributed by atoms with E-state index in [1.165, 1.54) is 43.1 Å². The van der Waals surface area contributed by atoms with Crippen LogP contribution in [0.5, 0.6) is 5.75 Å². The lowest BCUT2D eigenvalue weighted by Gasteiger charge is -2.33. The highest BCUT2D eigenvalue weighted by molar-refractivity contribution is 7.92. The molecular weight excluding hydrogens is 525 g/mol. The maximum Gasteiger partial charge on any atom is 0.309 e. The first-order valence-corrected chi connectivity index (χ1v) is 14.2. The van der Waals surface area contributed by atoms with Crippen molar-refractivity contribution in [2.45, 2.75) is 41.7 Å². The van der Waals surface area contributed by atoms with Gasteiger partial charge in [-0.25, -0.2) is 9.37 Å². The number of benzene rings is 2. The van der Waals surface area contributed by atoms with E-state index in [1.807, 2.05) is 6.07 Å². The van der Waals surface area contributed by atoms with Crippen LogP contribution in [-0.4, -0.2) is 57.4 Å². The van der Waals surface area contributed by atoms with Crippen LogP contribution in [0.4, 0.5) is 10.1 Å². The first-order chi connectivity index (χ1) is 18.6. The molecule has 39 heavy (non-hydrogen) atoms. The van der Waals surface area contributed by atoms with Crippen molar-refractivity contribution in [1.29, 1.82) is 0 Å². The van der Waals surface area contributed by atoms with Gasteiger partial charge in [0.2, 0.25) is 0 Å². The summed E-state index contributed by atoms with van der Waals surface area (Å²) < 4.78 is 60.3. The summed E-state index contributed by atoms with van der Waals surface area (Å²) >= 11 is 0. The van der Waals surface area contributed by atoms with Crippen molar-refractivity contribution in [3.05, 3.63) is 71.9 Å². The number of imidazole rings is 1. The molecule has 5 rings (SSSR count). The van der Waals surface area contributed by atoms with Gasteiger partial charge in [0, 0.05) is 37.7 Å². The van der Waals surface area contributed by atoms with Crippen molar-refractivity contribution in [3.8, 4) is 5.75 Å². The lowest BCUT2D eigenvalue weighted by Crippen LogP contribution is -2.35. The standard InChI is InChI=1S/C28H32FN3O6S/c1-31-15-25(30-17-31)39(34,35)32(2)21-9-10-24(36-3)23(13-21)19-14-28(38-16-19)12-11-22(27(33)37-4)26(28)18-5-7-20(29)8-6-18/h5-10,13,15,17,19,22,26H,11-12,14,16H2,1-4H3/t19-,22+,26-,28-/m1/s1. The summed E-state index contributed by atoms with van der Waals surface area (Å²) in [6.07, 6.45) is 4.71. The fraction of sp³-hybridized carbons (Fsp3) is 0.429. The van der Waals surface area contributed by atoms with E-state index in [-0.39, 0.29) is 28.6 Å². The van der Waals surface area contributed by atoms with Crippen molar-refractivity contribution >= 4 is 21.7 Å². The van der Waals surface area contributed by atoms with E-state index in [1.54, 1.807) is 43.0 Å². The molecule has 1 saturated heterocycles. The van der Waals surface area contributed by atoms with Gasteiger partial charge in [-0.05, 0) is 55.2 Å². The SMILES string of the molecule is COC(=O)[C@H]1CC[C@@]2(C[C@@H](c3cc(N(C)S(=O)(=O)c4cn(C)cn4)ccc3OC)CO2)[C@@H]1c1ccc(F)cc1. The Bertz CT molecular complexity index is 1470. The van der Waals surface area contributed by atoms with Gasteiger partial charge in [0.25, 0.3) is 10.0 Å². The van der Waals surface area contributed by atoms with Crippen molar-refractivity contribution < 1.29 is 31.8 Å². The van der Waals surface area contributed by atoms with E-state index in [0.29, 0.717) is 37.3 Å². The summed E-state index contributed by atoms with van der Waals surface area (Å²) in [5.41, 5.74) is 1.45. The maximum atomic E-state index is 13.7. The van der Waals surface area contributed by atoms with Gasteiger partial charge in [-0.2, -0.15) is 8.42 Å². The normalized spacial score (nSPS) is 24.7. The van der Waals surface area contributed by atoms with Crippen LogP contribution in [0.15, 0.2) is 60.0 Å². The largest absolute Gasteiger partial charge is 0.496 e. The number of esters is 1. The van der Waals surface area contributed by atoms with Crippen molar-refractivity contribution in [3.63, 3.8) is 0 Å². The molecule has 0 N–H and O–H groups in total. The highest BCUT2D eigenvalue weighted by atomic mass is 32.2. The number of halogens is 1. The van der Waals surface area contributed by atoms with Crippen molar-refractivity contribution in [2.24, 2.45) is 13.0 Å². The quantitative estimate of drug-likeness (QED) is 0.405. The van der Waals surface area contributed by atoms with E-state index >= 15 is 0 Å². The average Bonchev–Trinajstić information content (AvgIpc) is 3.67. The van der Waals surface area contributed by atoms with Crippen LogP contribution in [0, 0.1) is 11.7 Å². The predicted octanol–water partition coefficient (Wildman–Crippen LogP) is 4.00. The molecule has 1 aliphatic carbocycles. The molecule has 1 aliphatic heterocycles. The maximum absolute atomic E-state index is 13.7. The zero-order valence-corrected chi connectivity index (χ0v) is 23.2. The second-order valence-electron chi connectivity index (χ2n) is 10.3. The number of rotatable bonds is 7. The number of nitrogens with zero attached hydrogens (tertiary/aromatic N) is 3. The number of hydrogen-bond donors (Lipinski definition) is 0. The molecule has 2 aromatic carbocycles. The molecule has 2 heterocycles. The third-order valence-electron chi connectivity index (χ3n) is 8.07. The van der Waals surface area contributed by atoms with E-state index < -0.39 is 21.5 Å². The first kappa shape index (κ1) is 27.1. The minimum atomic E-state index is -3.87. The zero-order valence-electron chi connectivity index (χ0n) is 22.3. The molecule has 2 fully saturated rings. The summed E-state index contributed by atoms with van der Waals surface area (Å²) in [6, 6.07) is 11.5. The van der Waals surface area contributed by atoms with Crippen molar-refractivity contribution in [1.82, 2.24) is 9.55 Å². The molecule has 0 unspecified atom stereocenters. The molecule has 3 aromatic rings. The molecule has 4 atom stereocenters. The van der Waals surface area contributed by atoms with Gasteiger partial charge in [-0.15, -0.1) is 0 Å². The molecular formula is C28H32FN3O6S. The number of aryl methyl sites for hydroxylation is 1. The summed E-state index contributed by atoms with van der Waals surface area (Å²) in [4.78, 5) is 16.8. The van der Waals surface area contributed by atoms with Crippen LogP contribution < -0.4 is 9.04 Å². The van der Waals surface area contributed by atoms with Gasteiger partial charge in [0.1, 0.15) is 11.6 Å². The zero-order chi connectivity index (χ0) is 27.9. The second kappa shape index (κ2) is 10.3. The number of sulfonamides is 1. The summed E-state index contributed by atoms with van der Waals surface area (Å²) in [7, 11) is 2.27. The molecule has 1 spiro atoms. The third kappa shape index (κ3) is 4.78. The van der Waals surface area contributed by atoms with Gasteiger partial charge in [-0.1, -0.05) is 12.1 Å². The van der Waals surface area contributed by atoms with Crippen molar-refractivity contribution in [2.75, 3.05) is 32.2 Å². The highest BCUT2D eigenvalue weighted by Crippen LogP contribution is 2.57. The lowest BCUT2D eigenvalue weighted by atomic mass is 9.76. The molecule has 208 valence electrons. The van der Waals surface area contributed by atoms with E-state index in [2.05, 4.69) is 4.98 Å². The van der Waals surface area contributed by atoms with Crippen LogP contribution >= 0.6 is 0 Å². The Morgan fingerprint density at radius 2 is 1.95 bits per heavy atom. The Hall–Kier alpha value is -3.44. The molecule has 9 nitrogen and oxygen atoms in total. The second-order valence-corrected chi connectivity index (χ2v) is 12.2. The summed E-state index contributed by atoms with van der Waals surface area (Å²) in [6.45, 7) is 0.363. The Morgan fingerprint density at radius 3 is 2.59 bits per heavy atom. The first-order valence-electron chi connectivity index (χ1n) is 12.7. The Balaban J connectivity index is 1.48. The third-order valence-corrected chi connectivity index (χ3v) is 9.74. The minimum absolute atomic E-state index is 0.0463. The van der Waals surface area contributed by atoms with Crippen LogP contribution in [-0.2, 0) is 31.3 Å². The highest BCUT2D eigenvalue weighted by Gasteiger charge is 2.56. The van der Waals surface area contributed by atoms with Crippen LogP contribution in [0.25, 0.3) is 0 Å². The number of aromatic nitrogens is 2. The number of hydrogen-bond acceptors (Lipinski definition) is 7. The summed E-state index contributed by atoms with van der Waals surface area (Å²) in [5.74, 6) is -0.885. The molecule has 0 amide bonds. The van der Waals surface area contributed by atoms with E-state index in [0.717, 1.165) is 11.1 Å². The van der Waals surface area contributed by atoms with E-state index in [4.69, 9.17) is 14.2 Å². The van der Waals surface area contributed by atoms with E-state index in [9.17, 15) is 17.6 Å². The van der Waals surface area contributed by atoms with Gasteiger partial charge < -0.3 is 18.8 Å². The number of methoxy groups -OCH3 is 2. The van der Waals surface area contributed by atoms with Crippen LogP contribution in [0.2, 0.25) is 0 Å². The number of carbonyl (C=O) groups excluding carboxylic acids is 1. The number of carbonyl (C=O) groups is 1. The minimum Gasteiger partial charge on any atom is -0.496 e. The Kier molecular flexibility index (Phi) is 7.15. The predicted molar refractivity (Wildman–Crippen MR) is 142 cm³/mol. The molecule has 1 saturated carbocycles. The smallest absolute Gasteiger partial charge is 0.309 e. The lowest BCUT2D eigenvalue weighted by molar-refractivity contribution is -0.146. The van der Waals surface area contributed by atoms with Crippen LogP contribution in [0.1, 0.15) is 42.2 Å². The van der Waals surface area contributed by atoms with Gasteiger partial charge in [0.15, 0.2) is 5.03 Å². The fourth-order valence-corrected chi connectivity index (χ4v) is 7.28. The molecule has 2 aliphatic rings. The summed E-state index contributed by atoms with van der Waals surface area (Å²) in [5, 5.41) is -0.0463. The van der Waals surface area contributed by atoms with Gasteiger partial charge in [-0.3, -0.25) is 9.10 Å².